The monoisotopic (exact) mass is 754 g/mol. The van der Waals surface area contributed by atoms with Crippen LogP contribution in [0.5, 0.6) is 5.75 Å². The van der Waals surface area contributed by atoms with Crippen molar-refractivity contribution < 1.29 is 54.0 Å². The van der Waals surface area contributed by atoms with Crippen molar-refractivity contribution >= 4 is 53.2 Å². The van der Waals surface area contributed by atoms with Gasteiger partial charge in [0.1, 0.15) is 36.0 Å². The van der Waals surface area contributed by atoms with Crippen molar-refractivity contribution in [2.75, 3.05) is 12.0 Å². The van der Waals surface area contributed by atoms with Gasteiger partial charge in [-0.05, 0) is 67.7 Å². The van der Waals surface area contributed by atoms with Crippen molar-refractivity contribution in [3.8, 4) is 5.75 Å². The molecular formula is C34H54N6O11S. The number of hydrogen-bond donors (Lipinski definition) is 10. The van der Waals surface area contributed by atoms with E-state index in [1.54, 1.807) is 46.1 Å². The normalized spacial score (nSPS) is 15.8. The highest BCUT2D eigenvalue weighted by atomic mass is 32.2. The second-order valence-corrected chi connectivity index (χ2v) is 14.0. The van der Waals surface area contributed by atoms with Gasteiger partial charge in [-0.2, -0.15) is 11.8 Å². The van der Waals surface area contributed by atoms with Crippen molar-refractivity contribution in [1.29, 1.82) is 0 Å². The number of carbonyl (C=O) groups excluding carboxylic acids is 5. The van der Waals surface area contributed by atoms with Crippen LogP contribution in [-0.4, -0.2) is 116 Å². The topological polar surface area (TPSA) is 287 Å². The van der Waals surface area contributed by atoms with Crippen molar-refractivity contribution in [3.63, 3.8) is 0 Å². The van der Waals surface area contributed by atoms with E-state index in [0.717, 1.165) is 0 Å². The van der Waals surface area contributed by atoms with Crippen LogP contribution in [0.4, 0.5) is 0 Å². The fraction of sp³-hybridized carbons (Fsp3) is 0.618. The molecule has 11 N–H and O–H groups in total. The Morgan fingerprint density at radius 3 is 1.75 bits per heavy atom. The standard InChI is InChI=1S/C34H54N6O11S/c1-7-18(4)27(32(48)37-24(34(50)51)14-15-52-6)39-30(46)23(12-13-25(43)44)36-31(47)26(17(2)3)38-33(49)28(19(5)41)40-29(45)22(35)16-20-8-10-21(42)11-9-20/h8-11,17-19,22-24,26-28,41-42H,7,12-16,35H2,1-6H3,(H,36,47)(H,37,48)(H,38,49)(H,39,46)(H,40,45)(H,43,44)(H,50,51)/t18-,19+,22-,23-,24-,26-,27-,28-/m0/s1. The van der Waals surface area contributed by atoms with Crippen molar-refractivity contribution in [3.05, 3.63) is 29.8 Å². The lowest BCUT2D eigenvalue weighted by Gasteiger charge is -2.30. The molecule has 0 bridgehead atoms. The van der Waals surface area contributed by atoms with Gasteiger partial charge in [0.05, 0.1) is 12.1 Å². The van der Waals surface area contributed by atoms with Gasteiger partial charge >= 0.3 is 11.9 Å². The predicted molar refractivity (Wildman–Crippen MR) is 193 cm³/mol. The number of nitrogens with one attached hydrogen (secondary N) is 5. The van der Waals surface area contributed by atoms with E-state index < -0.39 is 109 Å². The molecule has 5 amide bonds. The first-order chi connectivity index (χ1) is 24.3. The third-order valence-corrected chi connectivity index (χ3v) is 8.98. The number of carboxylic acid groups (broad SMARTS) is 2. The molecule has 0 aromatic heterocycles. The molecule has 0 spiro atoms. The Morgan fingerprint density at radius 2 is 1.25 bits per heavy atom. The van der Waals surface area contributed by atoms with Crippen molar-refractivity contribution in [1.82, 2.24) is 26.6 Å². The van der Waals surface area contributed by atoms with Gasteiger partial charge in [-0.3, -0.25) is 28.8 Å². The fourth-order valence-electron chi connectivity index (χ4n) is 4.93. The number of thioether (sulfide) groups is 1. The van der Waals surface area contributed by atoms with Crippen LogP contribution in [0, 0.1) is 11.8 Å². The molecule has 0 heterocycles. The summed E-state index contributed by atoms with van der Waals surface area (Å²) in [6.07, 6.45) is -0.00225. The van der Waals surface area contributed by atoms with Crippen LogP contribution in [0.3, 0.4) is 0 Å². The highest BCUT2D eigenvalue weighted by Gasteiger charge is 2.36. The highest BCUT2D eigenvalue weighted by molar-refractivity contribution is 7.98. The van der Waals surface area contributed by atoms with Gasteiger partial charge in [-0.25, -0.2) is 4.79 Å². The first-order valence-electron chi connectivity index (χ1n) is 17.0. The number of nitrogens with two attached hydrogens (primary N) is 1. The van der Waals surface area contributed by atoms with Gasteiger partial charge in [0.25, 0.3) is 0 Å². The van der Waals surface area contributed by atoms with Crippen LogP contribution in [0.2, 0.25) is 0 Å². The minimum atomic E-state index is -1.54. The first kappa shape index (κ1) is 45.6. The summed E-state index contributed by atoms with van der Waals surface area (Å²) in [4.78, 5) is 89.8. The molecule has 18 heteroatoms. The van der Waals surface area contributed by atoms with Crippen LogP contribution < -0.4 is 32.3 Å². The predicted octanol–water partition coefficient (Wildman–Crippen LogP) is -0.529. The zero-order valence-electron chi connectivity index (χ0n) is 30.4. The van der Waals surface area contributed by atoms with E-state index in [-0.39, 0.29) is 18.6 Å². The van der Waals surface area contributed by atoms with Gasteiger partial charge in [0.2, 0.25) is 29.5 Å². The summed E-state index contributed by atoms with van der Waals surface area (Å²) in [6, 6.07) is -1.96. The minimum absolute atomic E-state index is 0.0242. The number of benzene rings is 1. The second kappa shape index (κ2) is 22.5. The average molecular weight is 755 g/mol. The molecule has 292 valence electrons. The second-order valence-electron chi connectivity index (χ2n) is 13.0. The summed E-state index contributed by atoms with van der Waals surface area (Å²) in [7, 11) is 0. The van der Waals surface area contributed by atoms with Crippen molar-refractivity contribution in [2.24, 2.45) is 17.6 Å². The Morgan fingerprint density at radius 1 is 0.731 bits per heavy atom. The SMILES string of the molecule is CC[C@H](C)[C@H](NC(=O)[C@H](CCC(=O)O)NC(=O)[C@@H](NC(=O)[C@@H](NC(=O)[C@@H](N)Cc1ccc(O)cc1)[C@@H](C)O)C(C)C)C(=O)N[C@@H](CCSC)C(=O)O. The molecule has 0 saturated carbocycles. The van der Waals surface area contributed by atoms with E-state index in [1.807, 2.05) is 0 Å². The quantitative estimate of drug-likeness (QED) is 0.0674. The molecular weight excluding hydrogens is 700 g/mol. The number of carbonyl (C=O) groups is 7. The third kappa shape index (κ3) is 15.4. The lowest BCUT2D eigenvalue weighted by atomic mass is 9.96. The van der Waals surface area contributed by atoms with Gasteiger partial charge in [0, 0.05) is 6.42 Å². The van der Waals surface area contributed by atoms with Crippen LogP contribution >= 0.6 is 11.8 Å². The number of amides is 5. The number of phenolic OH excluding ortho intramolecular Hbond substituents is 1. The molecule has 1 aromatic carbocycles. The van der Waals surface area contributed by atoms with Crippen LogP contribution in [0.1, 0.15) is 65.9 Å². The van der Waals surface area contributed by atoms with E-state index in [9.17, 15) is 54.0 Å². The Labute approximate surface area is 307 Å². The molecule has 0 saturated heterocycles. The van der Waals surface area contributed by atoms with E-state index >= 15 is 0 Å². The lowest BCUT2D eigenvalue weighted by molar-refractivity contribution is -0.142. The number of phenols is 1. The zero-order valence-corrected chi connectivity index (χ0v) is 31.2. The molecule has 0 aliphatic rings. The van der Waals surface area contributed by atoms with E-state index in [2.05, 4.69) is 26.6 Å². The van der Waals surface area contributed by atoms with Gasteiger partial charge in [-0.1, -0.05) is 46.2 Å². The van der Waals surface area contributed by atoms with E-state index in [1.165, 1.54) is 30.8 Å². The van der Waals surface area contributed by atoms with Gasteiger partial charge < -0.3 is 52.7 Å². The molecule has 0 aliphatic heterocycles. The number of aromatic hydroxyl groups is 1. The number of aliphatic hydroxyl groups is 1. The van der Waals surface area contributed by atoms with E-state index in [0.29, 0.717) is 17.7 Å². The summed E-state index contributed by atoms with van der Waals surface area (Å²) in [5, 5.41) is 51.1. The fourth-order valence-corrected chi connectivity index (χ4v) is 5.40. The number of aliphatic carboxylic acids is 2. The number of hydrogen-bond acceptors (Lipinski definition) is 11. The maximum absolute atomic E-state index is 13.6. The largest absolute Gasteiger partial charge is 0.508 e. The van der Waals surface area contributed by atoms with Crippen LogP contribution in [0.15, 0.2) is 24.3 Å². The van der Waals surface area contributed by atoms with Crippen molar-refractivity contribution in [2.45, 2.75) is 109 Å². The zero-order chi connectivity index (χ0) is 39.7. The Balaban J connectivity index is 3.18. The first-order valence-corrected chi connectivity index (χ1v) is 18.4. The maximum atomic E-state index is 13.6. The maximum Gasteiger partial charge on any atom is 0.326 e. The molecule has 0 radical (unpaired) electrons. The summed E-state index contributed by atoms with van der Waals surface area (Å²) in [5.74, 6) is -7.41. The Hall–Kier alpha value is -4.42. The number of aliphatic hydroxyl groups excluding tert-OH is 1. The Bertz CT molecular complexity index is 1380. The molecule has 1 rings (SSSR count). The lowest BCUT2D eigenvalue weighted by Crippen LogP contribution is -2.62. The molecule has 1 aromatic rings. The molecule has 0 unspecified atom stereocenters. The van der Waals surface area contributed by atoms with Crippen LogP contribution in [-0.2, 0) is 40.0 Å². The highest BCUT2D eigenvalue weighted by Crippen LogP contribution is 2.13. The third-order valence-electron chi connectivity index (χ3n) is 8.34. The van der Waals surface area contributed by atoms with E-state index in [4.69, 9.17) is 5.73 Å². The molecule has 52 heavy (non-hydrogen) atoms. The summed E-state index contributed by atoms with van der Waals surface area (Å²) >= 11 is 1.39. The molecule has 17 nitrogen and oxygen atoms in total. The summed E-state index contributed by atoms with van der Waals surface area (Å²) < 4.78 is 0. The number of carboxylic acids is 2. The van der Waals surface area contributed by atoms with Gasteiger partial charge in [0.15, 0.2) is 0 Å². The minimum Gasteiger partial charge on any atom is -0.508 e. The van der Waals surface area contributed by atoms with Crippen LogP contribution in [0.25, 0.3) is 0 Å². The number of rotatable bonds is 23. The molecule has 0 fully saturated rings. The van der Waals surface area contributed by atoms with Gasteiger partial charge in [-0.15, -0.1) is 0 Å². The smallest absolute Gasteiger partial charge is 0.326 e. The summed E-state index contributed by atoms with van der Waals surface area (Å²) in [6.45, 7) is 7.83. The molecule has 0 aliphatic carbocycles. The average Bonchev–Trinajstić information content (AvgIpc) is 3.07. The summed E-state index contributed by atoms with van der Waals surface area (Å²) in [5.41, 5.74) is 6.65. The molecule has 8 atom stereocenters. The Kier molecular flexibility index (Phi) is 19.7.